The summed E-state index contributed by atoms with van der Waals surface area (Å²) in [5, 5.41) is 11.0. The number of piperidine rings is 1. The Bertz CT molecular complexity index is 860. The Kier molecular flexibility index (Phi) is 9.33. The third kappa shape index (κ3) is 6.84. The first-order chi connectivity index (χ1) is 14.8. The van der Waals surface area contributed by atoms with Gasteiger partial charge in [-0.1, -0.05) is 25.5 Å². The molecule has 0 amide bonds. The highest BCUT2D eigenvalue weighted by atomic mass is 35.5. The number of nitro groups is 1. The Hall–Kier alpha value is -2.32. The molecule has 2 aromatic rings. The molecule has 0 spiro atoms. The van der Waals surface area contributed by atoms with Gasteiger partial charge in [0, 0.05) is 24.6 Å². The maximum Gasteiger partial charge on any atom is 0.416 e. The first kappa shape index (κ1) is 25.9. The van der Waals surface area contributed by atoms with Crippen molar-refractivity contribution in [2.45, 2.75) is 38.3 Å². The van der Waals surface area contributed by atoms with Crippen LogP contribution in [0.15, 0.2) is 48.5 Å². The molecular weight excluding hydrogens is 445 g/mol. The summed E-state index contributed by atoms with van der Waals surface area (Å²) >= 11 is 0. The predicted molar refractivity (Wildman–Crippen MR) is 119 cm³/mol. The molecule has 0 radical (unpaired) electrons. The molecule has 9 heteroatoms. The largest absolute Gasteiger partial charge is 0.493 e. The van der Waals surface area contributed by atoms with Gasteiger partial charge in [0.1, 0.15) is 5.75 Å². The molecule has 1 fully saturated rings. The average Bonchev–Trinajstić information content (AvgIpc) is 2.76. The van der Waals surface area contributed by atoms with Gasteiger partial charge in [-0.15, -0.1) is 12.4 Å². The topological polar surface area (TPSA) is 55.6 Å². The fourth-order valence-corrected chi connectivity index (χ4v) is 4.09. The maximum atomic E-state index is 12.8. The van der Waals surface area contributed by atoms with Gasteiger partial charge in [0.25, 0.3) is 5.69 Å². The molecule has 1 saturated heterocycles. The van der Waals surface area contributed by atoms with Gasteiger partial charge in [0.05, 0.1) is 17.1 Å². The number of halogens is 4. The van der Waals surface area contributed by atoms with Gasteiger partial charge in [-0.2, -0.15) is 13.2 Å². The molecule has 1 heterocycles. The molecule has 0 saturated carbocycles. The van der Waals surface area contributed by atoms with Crippen LogP contribution in [0.4, 0.5) is 18.9 Å². The Morgan fingerprint density at radius 3 is 2.34 bits per heavy atom. The fourth-order valence-electron chi connectivity index (χ4n) is 4.09. The number of hydrogen-bond acceptors (Lipinski definition) is 4. The van der Waals surface area contributed by atoms with Crippen molar-refractivity contribution in [3.05, 3.63) is 69.8 Å². The number of likely N-dealkylation sites (tertiary alicyclic amines) is 1. The first-order valence-corrected chi connectivity index (χ1v) is 10.5. The van der Waals surface area contributed by atoms with Gasteiger partial charge in [-0.25, -0.2) is 0 Å². The molecule has 176 valence electrons. The van der Waals surface area contributed by atoms with Crippen molar-refractivity contribution in [3.63, 3.8) is 0 Å². The summed E-state index contributed by atoms with van der Waals surface area (Å²) in [6, 6.07) is 11.4. The van der Waals surface area contributed by atoms with Crippen LogP contribution in [-0.2, 0) is 6.18 Å². The van der Waals surface area contributed by atoms with Crippen molar-refractivity contribution in [1.82, 2.24) is 4.90 Å². The van der Waals surface area contributed by atoms with E-state index < -0.39 is 16.7 Å². The zero-order valence-corrected chi connectivity index (χ0v) is 18.7. The number of benzene rings is 2. The number of hydrogen-bond donors (Lipinski definition) is 0. The Morgan fingerprint density at radius 2 is 1.78 bits per heavy atom. The number of alkyl halides is 3. The number of nitrogens with zero attached hydrogens (tertiary/aromatic N) is 2. The van der Waals surface area contributed by atoms with Crippen molar-refractivity contribution in [1.29, 1.82) is 0 Å². The average molecular weight is 473 g/mol. The summed E-state index contributed by atoms with van der Waals surface area (Å²) in [7, 11) is 0. The molecule has 5 nitrogen and oxygen atoms in total. The molecule has 0 unspecified atom stereocenters. The van der Waals surface area contributed by atoms with Crippen LogP contribution in [0.25, 0.3) is 0 Å². The van der Waals surface area contributed by atoms with E-state index in [2.05, 4.69) is 11.8 Å². The molecule has 0 N–H and O–H groups in total. The van der Waals surface area contributed by atoms with Crippen LogP contribution < -0.4 is 4.74 Å². The van der Waals surface area contributed by atoms with Crippen LogP contribution in [0, 0.1) is 16.0 Å². The summed E-state index contributed by atoms with van der Waals surface area (Å²) in [5.74, 6) is 0.712. The molecule has 1 aliphatic heterocycles. The van der Waals surface area contributed by atoms with Crippen LogP contribution in [0.3, 0.4) is 0 Å². The minimum atomic E-state index is -4.37. The molecule has 3 rings (SSSR count). The lowest BCUT2D eigenvalue weighted by molar-refractivity contribution is -0.384. The molecular formula is C23H28ClF3N2O3. The minimum Gasteiger partial charge on any atom is -0.493 e. The zero-order chi connectivity index (χ0) is 22.4. The molecule has 2 aromatic carbocycles. The van der Waals surface area contributed by atoms with E-state index in [0.717, 1.165) is 56.6 Å². The van der Waals surface area contributed by atoms with Crippen LogP contribution in [0.1, 0.15) is 43.2 Å². The summed E-state index contributed by atoms with van der Waals surface area (Å²) < 4.78 is 44.2. The zero-order valence-electron chi connectivity index (χ0n) is 17.9. The number of unbranched alkanes of at least 4 members (excludes halogenated alkanes) is 1. The van der Waals surface area contributed by atoms with Gasteiger partial charge in [0.15, 0.2) is 0 Å². The summed E-state index contributed by atoms with van der Waals surface area (Å²) in [6.45, 7) is 5.28. The second-order valence-electron chi connectivity index (χ2n) is 7.99. The number of ether oxygens (including phenoxy) is 1. The van der Waals surface area contributed by atoms with E-state index in [4.69, 9.17) is 4.74 Å². The standard InChI is InChI=1S/C23H27F3N2O3.ClH/c1-2-3-13-27-14-12-22(17-4-8-20(9-5-17)28(29)30)18(15-27)16-31-21-10-6-19(7-11-21)23(24,25)26;/h4-11,18,22H,2-3,12-16H2,1H3;1H/t18-,22+;/m1./s1. The smallest absolute Gasteiger partial charge is 0.416 e. The minimum absolute atomic E-state index is 0. The van der Waals surface area contributed by atoms with Crippen LogP contribution in [-0.4, -0.2) is 36.1 Å². The van der Waals surface area contributed by atoms with Crippen LogP contribution >= 0.6 is 12.4 Å². The van der Waals surface area contributed by atoms with Gasteiger partial charge < -0.3 is 9.64 Å². The van der Waals surface area contributed by atoms with E-state index in [-0.39, 0.29) is 29.9 Å². The highest BCUT2D eigenvalue weighted by Crippen LogP contribution is 2.35. The molecule has 32 heavy (non-hydrogen) atoms. The van der Waals surface area contributed by atoms with E-state index in [1.807, 2.05) is 0 Å². The van der Waals surface area contributed by atoms with Crippen LogP contribution in [0.5, 0.6) is 5.75 Å². The fraction of sp³-hybridized carbons (Fsp3) is 0.478. The quantitative estimate of drug-likeness (QED) is 0.333. The number of non-ortho nitro benzene ring substituents is 1. The maximum absolute atomic E-state index is 12.8. The normalized spacial score (nSPS) is 19.2. The van der Waals surface area contributed by atoms with Crippen molar-refractivity contribution in [3.8, 4) is 5.75 Å². The van der Waals surface area contributed by atoms with Crippen molar-refractivity contribution < 1.29 is 22.8 Å². The van der Waals surface area contributed by atoms with Gasteiger partial charge in [-0.05, 0) is 61.7 Å². The van der Waals surface area contributed by atoms with Gasteiger partial charge in [0.2, 0.25) is 0 Å². The third-order valence-corrected chi connectivity index (χ3v) is 5.82. The molecule has 0 aliphatic carbocycles. The SMILES string of the molecule is CCCCN1CC[C@@H](c2ccc([N+](=O)[O-])cc2)[C@@H](COc2ccc(C(F)(F)F)cc2)C1.Cl. The molecule has 0 aromatic heterocycles. The van der Waals surface area contributed by atoms with Crippen LogP contribution in [0.2, 0.25) is 0 Å². The van der Waals surface area contributed by atoms with E-state index in [9.17, 15) is 23.3 Å². The van der Waals surface area contributed by atoms with Crippen molar-refractivity contribution >= 4 is 18.1 Å². The van der Waals surface area contributed by atoms with Crippen molar-refractivity contribution in [2.24, 2.45) is 5.92 Å². The number of rotatable bonds is 8. The molecule has 2 atom stereocenters. The second-order valence-corrected chi connectivity index (χ2v) is 7.99. The van der Waals surface area contributed by atoms with E-state index in [1.54, 1.807) is 12.1 Å². The van der Waals surface area contributed by atoms with E-state index in [1.165, 1.54) is 24.3 Å². The highest BCUT2D eigenvalue weighted by Gasteiger charge is 2.32. The third-order valence-electron chi connectivity index (χ3n) is 5.82. The Morgan fingerprint density at radius 1 is 1.12 bits per heavy atom. The Balaban J connectivity index is 0.00000363. The summed E-state index contributed by atoms with van der Waals surface area (Å²) in [5.41, 5.74) is 0.385. The number of nitro benzene ring substituents is 1. The predicted octanol–water partition coefficient (Wildman–Crippen LogP) is 6.32. The monoisotopic (exact) mass is 472 g/mol. The highest BCUT2D eigenvalue weighted by molar-refractivity contribution is 5.85. The lowest BCUT2D eigenvalue weighted by Crippen LogP contribution is -2.42. The van der Waals surface area contributed by atoms with Gasteiger partial charge >= 0.3 is 6.18 Å². The van der Waals surface area contributed by atoms with Crippen molar-refractivity contribution in [2.75, 3.05) is 26.2 Å². The summed E-state index contributed by atoms with van der Waals surface area (Å²) in [6.07, 6.45) is -1.26. The Labute approximate surface area is 192 Å². The lowest BCUT2D eigenvalue weighted by atomic mass is 9.80. The van der Waals surface area contributed by atoms with E-state index >= 15 is 0 Å². The van der Waals surface area contributed by atoms with Gasteiger partial charge in [-0.3, -0.25) is 10.1 Å². The molecule has 1 aliphatic rings. The summed E-state index contributed by atoms with van der Waals surface area (Å²) in [4.78, 5) is 12.9. The molecule has 0 bridgehead atoms. The second kappa shape index (κ2) is 11.5. The van der Waals surface area contributed by atoms with E-state index in [0.29, 0.717) is 12.4 Å². The lowest BCUT2D eigenvalue weighted by Gasteiger charge is -2.38. The first-order valence-electron chi connectivity index (χ1n) is 10.5.